The molecule has 8 heteroatoms. The van der Waals surface area contributed by atoms with Gasteiger partial charge >= 0.3 is 0 Å². The molecule has 0 fully saturated rings. The lowest BCUT2D eigenvalue weighted by atomic mass is 10.1. The Morgan fingerprint density at radius 3 is 2.60 bits per heavy atom. The van der Waals surface area contributed by atoms with Crippen molar-refractivity contribution in [2.45, 2.75) is 26.2 Å². The van der Waals surface area contributed by atoms with Crippen molar-refractivity contribution in [2.75, 3.05) is 10.6 Å². The minimum absolute atomic E-state index is 0.124. The van der Waals surface area contributed by atoms with Crippen LogP contribution in [0.25, 0.3) is 10.8 Å². The Bertz CT molecular complexity index is 1210. The molecule has 0 aliphatic rings. The highest BCUT2D eigenvalue weighted by Crippen LogP contribution is 2.25. The molecule has 0 atom stereocenters. The maximum Gasteiger partial charge on any atom is 0.257 e. The summed E-state index contributed by atoms with van der Waals surface area (Å²) in [5.74, 6) is -0.0343. The Morgan fingerprint density at radius 2 is 1.83 bits per heavy atom. The third-order valence-corrected chi connectivity index (χ3v) is 6.48. The summed E-state index contributed by atoms with van der Waals surface area (Å²) in [4.78, 5) is 34.5. The van der Waals surface area contributed by atoms with Crippen molar-refractivity contribution in [1.29, 1.82) is 0 Å². The molecule has 152 valence electrons. The number of rotatable bonds is 6. The van der Waals surface area contributed by atoms with Crippen LogP contribution in [0.4, 0.5) is 10.3 Å². The summed E-state index contributed by atoms with van der Waals surface area (Å²) in [6.07, 6.45) is 1.91. The molecule has 4 rings (SSSR count). The van der Waals surface area contributed by atoms with E-state index in [0.717, 1.165) is 15.6 Å². The van der Waals surface area contributed by atoms with Crippen molar-refractivity contribution in [3.63, 3.8) is 0 Å². The average molecular weight is 437 g/mol. The molecule has 2 aromatic carbocycles. The van der Waals surface area contributed by atoms with Crippen LogP contribution < -0.4 is 10.6 Å². The second-order valence-corrected chi connectivity index (χ2v) is 9.03. The molecule has 6 nitrogen and oxygen atoms in total. The number of nitrogens with zero attached hydrogens (tertiary/aromatic N) is 2. The fourth-order valence-corrected chi connectivity index (χ4v) is 4.42. The van der Waals surface area contributed by atoms with Gasteiger partial charge in [0.05, 0.1) is 12.1 Å². The Balaban J connectivity index is 1.37. The molecule has 0 aliphatic carbocycles. The van der Waals surface area contributed by atoms with E-state index < -0.39 is 0 Å². The Morgan fingerprint density at radius 1 is 1.03 bits per heavy atom. The van der Waals surface area contributed by atoms with E-state index in [2.05, 4.69) is 34.4 Å². The summed E-state index contributed by atoms with van der Waals surface area (Å²) < 4.78 is 0. The first kappa shape index (κ1) is 20.2. The van der Waals surface area contributed by atoms with Gasteiger partial charge in [0.2, 0.25) is 5.91 Å². The maximum atomic E-state index is 12.6. The number of carbonyl (C=O) groups is 2. The first-order valence-corrected chi connectivity index (χ1v) is 11.2. The number of thiazole rings is 2. The van der Waals surface area contributed by atoms with Gasteiger partial charge in [0.1, 0.15) is 0 Å². The van der Waals surface area contributed by atoms with Gasteiger partial charge in [-0.2, -0.15) is 0 Å². The molecule has 0 radical (unpaired) electrons. The quantitative estimate of drug-likeness (QED) is 0.429. The van der Waals surface area contributed by atoms with Crippen LogP contribution in [-0.2, 0) is 11.2 Å². The Labute approximate surface area is 182 Å². The van der Waals surface area contributed by atoms with Crippen molar-refractivity contribution in [2.24, 2.45) is 0 Å². The second kappa shape index (κ2) is 8.73. The van der Waals surface area contributed by atoms with Gasteiger partial charge in [-0.15, -0.1) is 22.7 Å². The van der Waals surface area contributed by atoms with Crippen LogP contribution in [0.2, 0.25) is 0 Å². The molecule has 0 spiro atoms. The molecule has 2 aromatic heterocycles. The molecule has 2 heterocycles. The van der Waals surface area contributed by atoms with Crippen LogP contribution in [0, 0.1) is 0 Å². The minimum Gasteiger partial charge on any atom is -0.302 e. The fourth-order valence-electron chi connectivity index (χ4n) is 2.88. The molecule has 0 bridgehead atoms. The number of fused-ring (bicyclic) bond motifs is 1. The maximum absolute atomic E-state index is 12.6. The first-order valence-electron chi connectivity index (χ1n) is 9.48. The lowest BCUT2D eigenvalue weighted by molar-refractivity contribution is -0.115. The van der Waals surface area contributed by atoms with Gasteiger partial charge in [-0.3, -0.25) is 14.9 Å². The number of benzene rings is 2. The summed E-state index contributed by atoms with van der Waals surface area (Å²) in [6, 6.07) is 13.4. The lowest BCUT2D eigenvalue weighted by Crippen LogP contribution is -2.15. The number of anilines is 2. The second-order valence-electron chi connectivity index (χ2n) is 7.11. The highest BCUT2D eigenvalue weighted by atomic mass is 32.1. The molecule has 0 saturated heterocycles. The minimum atomic E-state index is -0.227. The summed E-state index contributed by atoms with van der Waals surface area (Å²) in [5, 5.41) is 10.5. The summed E-state index contributed by atoms with van der Waals surface area (Å²) in [7, 11) is 0. The van der Waals surface area contributed by atoms with Crippen LogP contribution in [0.15, 0.2) is 54.0 Å². The zero-order valence-electron chi connectivity index (χ0n) is 16.5. The largest absolute Gasteiger partial charge is 0.302 e. The van der Waals surface area contributed by atoms with E-state index >= 15 is 0 Å². The van der Waals surface area contributed by atoms with Gasteiger partial charge in [-0.25, -0.2) is 9.97 Å². The van der Waals surface area contributed by atoms with E-state index in [1.807, 2.05) is 36.4 Å². The number of aromatic nitrogens is 2. The smallest absolute Gasteiger partial charge is 0.257 e. The van der Waals surface area contributed by atoms with Crippen LogP contribution >= 0.6 is 22.7 Å². The molecule has 0 saturated carbocycles. The summed E-state index contributed by atoms with van der Waals surface area (Å²) in [6.45, 7) is 4.17. The molecular formula is C22H20N4O2S2. The van der Waals surface area contributed by atoms with Crippen LogP contribution in [0.3, 0.4) is 0 Å². The number of hydrogen-bond donors (Lipinski definition) is 2. The van der Waals surface area contributed by atoms with Gasteiger partial charge < -0.3 is 5.32 Å². The Hall–Kier alpha value is -3.10. The number of amides is 2. The monoisotopic (exact) mass is 436 g/mol. The standard InChI is InChI=1S/C22H20N4O2S2/c1-13(2)18-11-23-21(30-18)25-19(27)10-17-12-29-22(24-17)26-20(28)16-8-7-14-5-3-4-6-15(14)9-16/h3-9,11-13H,10H2,1-2H3,(H,23,25,27)(H,24,26,28). The normalized spacial score (nSPS) is 11.0. The summed E-state index contributed by atoms with van der Waals surface area (Å²) in [5.41, 5.74) is 1.17. The summed E-state index contributed by atoms with van der Waals surface area (Å²) >= 11 is 2.77. The topological polar surface area (TPSA) is 84.0 Å². The van der Waals surface area contributed by atoms with Crippen molar-refractivity contribution in [1.82, 2.24) is 9.97 Å². The molecule has 0 unspecified atom stereocenters. The van der Waals surface area contributed by atoms with Gasteiger partial charge in [0, 0.05) is 22.0 Å². The van der Waals surface area contributed by atoms with Crippen molar-refractivity contribution < 1.29 is 9.59 Å². The van der Waals surface area contributed by atoms with Crippen LogP contribution in [0.5, 0.6) is 0 Å². The molecule has 0 aliphatic heterocycles. The lowest BCUT2D eigenvalue weighted by Gasteiger charge is -2.04. The zero-order valence-corrected chi connectivity index (χ0v) is 18.1. The van der Waals surface area contributed by atoms with E-state index in [-0.39, 0.29) is 18.2 Å². The number of hydrogen-bond acceptors (Lipinski definition) is 6. The predicted molar refractivity (Wildman–Crippen MR) is 123 cm³/mol. The van der Waals surface area contributed by atoms with Gasteiger partial charge in [0.25, 0.3) is 5.91 Å². The highest BCUT2D eigenvalue weighted by molar-refractivity contribution is 7.15. The Kier molecular flexibility index (Phi) is 5.87. The predicted octanol–water partition coefficient (Wildman–Crippen LogP) is 5.31. The third kappa shape index (κ3) is 4.72. The van der Waals surface area contributed by atoms with Gasteiger partial charge in [-0.1, -0.05) is 44.2 Å². The fraction of sp³-hybridized carbons (Fsp3) is 0.182. The average Bonchev–Trinajstić information content (AvgIpc) is 3.37. The van der Waals surface area contributed by atoms with E-state index in [0.29, 0.717) is 27.4 Å². The van der Waals surface area contributed by atoms with E-state index in [1.165, 1.54) is 22.7 Å². The highest BCUT2D eigenvalue weighted by Gasteiger charge is 2.13. The molecule has 2 N–H and O–H groups in total. The van der Waals surface area contributed by atoms with Crippen molar-refractivity contribution in [3.05, 3.63) is 70.2 Å². The van der Waals surface area contributed by atoms with Crippen LogP contribution in [0.1, 0.15) is 40.7 Å². The van der Waals surface area contributed by atoms with Crippen molar-refractivity contribution >= 4 is 55.5 Å². The zero-order chi connectivity index (χ0) is 21.1. The van der Waals surface area contributed by atoms with E-state index in [9.17, 15) is 9.59 Å². The third-order valence-electron chi connectivity index (χ3n) is 4.46. The molecule has 30 heavy (non-hydrogen) atoms. The van der Waals surface area contributed by atoms with Crippen molar-refractivity contribution in [3.8, 4) is 0 Å². The first-order chi connectivity index (χ1) is 14.5. The van der Waals surface area contributed by atoms with Gasteiger partial charge in [0.15, 0.2) is 10.3 Å². The number of nitrogens with one attached hydrogen (secondary N) is 2. The van der Waals surface area contributed by atoms with E-state index in [1.54, 1.807) is 17.6 Å². The van der Waals surface area contributed by atoms with E-state index in [4.69, 9.17) is 0 Å². The molecular weight excluding hydrogens is 416 g/mol. The molecule has 4 aromatic rings. The van der Waals surface area contributed by atoms with Gasteiger partial charge in [-0.05, 0) is 28.8 Å². The molecule has 2 amide bonds. The SMILES string of the molecule is CC(C)c1cnc(NC(=O)Cc2csc(NC(=O)c3ccc4ccccc4c3)n2)s1. The van der Waals surface area contributed by atoms with Crippen LogP contribution in [-0.4, -0.2) is 21.8 Å². The number of carbonyl (C=O) groups excluding carboxylic acids is 2.